The van der Waals surface area contributed by atoms with Crippen molar-refractivity contribution in [3.63, 3.8) is 0 Å². The molecule has 0 aromatic heterocycles. The quantitative estimate of drug-likeness (QED) is 0.497. The molecule has 0 bridgehead atoms. The largest absolute Gasteiger partial charge is 0.419 e. The fourth-order valence-electron chi connectivity index (χ4n) is 1.01. The predicted octanol–water partition coefficient (Wildman–Crippen LogP) is 2.31. The molecule has 17 heavy (non-hydrogen) atoms. The Balaban J connectivity index is 2.42. The molecule has 0 atom stereocenters. The first kappa shape index (κ1) is 12.7. The van der Waals surface area contributed by atoms with Crippen LogP contribution < -0.4 is 5.32 Å². The number of esters is 1. The van der Waals surface area contributed by atoms with Gasteiger partial charge in [0.05, 0.1) is 6.42 Å². The van der Waals surface area contributed by atoms with Gasteiger partial charge >= 0.3 is 12.1 Å². The van der Waals surface area contributed by atoms with Crippen LogP contribution >= 0.6 is 0 Å². The van der Waals surface area contributed by atoms with Crippen LogP contribution in [-0.2, 0) is 9.53 Å². The summed E-state index contributed by atoms with van der Waals surface area (Å²) in [5.41, 5.74) is 0.334. The maximum absolute atomic E-state index is 12.6. The molecule has 1 aromatic carbocycles. The second-order valence-electron chi connectivity index (χ2n) is 3.10. The smallest absolute Gasteiger partial charge is 0.376 e. The highest BCUT2D eigenvalue weighted by Gasteiger charge is 2.09. The van der Waals surface area contributed by atoms with Crippen molar-refractivity contribution in [3.8, 4) is 12.3 Å². The van der Waals surface area contributed by atoms with E-state index in [1.165, 1.54) is 24.3 Å². The van der Waals surface area contributed by atoms with Crippen molar-refractivity contribution in [2.45, 2.75) is 12.8 Å². The third-order valence-corrected chi connectivity index (χ3v) is 1.77. The SMILES string of the molecule is C#CCCC(=O)OC(=O)Nc1ccc(F)cc1. The normalized spacial score (nSPS) is 9.18. The molecular weight excluding hydrogens is 225 g/mol. The number of terminal acetylenes is 1. The van der Waals surface area contributed by atoms with E-state index in [1.54, 1.807) is 0 Å². The molecule has 0 fully saturated rings. The topological polar surface area (TPSA) is 55.4 Å². The Morgan fingerprint density at radius 2 is 2.00 bits per heavy atom. The molecule has 1 N–H and O–H groups in total. The Morgan fingerprint density at radius 1 is 1.35 bits per heavy atom. The first-order valence-corrected chi connectivity index (χ1v) is 4.82. The molecule has 0 heterocycles. The molecule has 1 rings (SSSR count). The lowest BCUT2D eigenvalue weighted by Gasteiger charge is -2.04. The van der Waals surface area contributed by atoms with Crippen molar-refractivity contribution in [2.75, 3.05) is 5.32 Å². The van der Waals surface area contributed by atoms with Crippen molar-refractivity contribution in [1.82, 2.24) is 0 Å². The van der Waals surface area contributed by atoms with Gasteiger partial charge in [-0.3, -0.25) is 10.1 Å². The standard InChI is InChI=1S/C12H10FNO3/c1-2-3-4-11(15)17-12(16)14-10-7-5-9(13)6-8-10/h1,5-8H,3-4H2,(H,14,16). The zero-order valence-corrected chi connectivity index (χ0v) is 8.90. The second kappa shape index (κ2) is 6.28. The summed E-state index contributed by atoms with van der Waals surface area (Å²) in [7, 11) is 0. The highest BCUT2D eigenvalue weighted by molar-refractivity contribution is 5.92. The van der Waals surface area contributed by atoms with Crippen molar-refractivity contribution in [2.24, 2.45) is 0 Å². The summed E-state index contributed by atoms with van der Waals surface area (Å²) in [5.74, 6) is 1.13. The van der Waals surface area contributed by atoms with Crippen LogP contribution in [0.2, 0.25) is 0 Å². The first-order valence-electron chi connectivity index (χ1n) is 4.82. The monoisotopic (exact) mass is 235 g/mol. The third kappa shape index (κ3) is 4.80. The lowest BCUT2D eigenvalue weighted by Crippen LogP contribution is -2.18. The molecule has 88 valence electrons. The molecule has 0 radical (unpaired) electrons. The highest BCUT2D eigenvalue weighted by atomic mass is 19.1. The van der Waals surface area contributed by atoms with Crippen molar-refractivity contribution < 1.29 is 18.7 Å². The van der Waals surface area contributed by atoms with Gasteiger partial charge < -0.3 is 4.74 Å². The number of rotatable bonds is 3. The molecule has 4 nitrogen and oxygen atoms in total. The Hall–Kier alpha value is -2.35. The average Bonchev–Trinajstić information content (AvgIpc) is 2.29. The minimum Gasteiger partial charge on any atom is -0.376 e. The number of hydrogen-bond donors (Lipinski definition) is 1. The van der Waals surface area contributed by atoms with Crippen LogP contribution in [0.4, 0.5) is 14.9 Å². The van der Waals surface area contributed by atoms with Gasteiger partial charge in [-0.15, -0.1) is 12.3 Å². The van der Waals surface area contributed by atoms with E-state index in [1.807, 2.05) is 0 Å². The fourth-order valence-corrected chi connectivity index (χ4v) is 1.01. The zero-order valence-electron chi connectivity index (χ0n) is 8.90. The van der Waals surface area contributed by atoms with Crippen LogP contribution in [0.3, 0.4) is 0 Å². The number of benzene rings is 1. The minimum atomic E-state index is -0.918. The minimum absolute atomic E-state index is 0.0205. The molecule has 0 unspecified atom stereocenters. The third-order valence-electron chi connectivity index (χ3n) is 1.77. The summed E-state index contributed by atoms with van der Waals surface area (Å²) in [6.45, 7) is 0. The number of nitrogens with one attached hydrogen (secondary N) is 1. The second-order valence-corrected chi connectivity index (χ2v) is 3.10. The van der Waals surface area contributed by atoms with Gasteiger partial charge in [0.1, 0.15) is 5.82 Å². The zero-order chi connectivity index (χ0) is 12.7. The summed E-state index contributed by atoms with van der Waals surface area (Å²) >= 11 is 0. The molecule has 0 saturated heterocycles. The molecule has 0 aliphatic heterocycles. The number of carbonyl (C=O) groups is 2. The van der Waals surface area contributed by atoms with Crippen LogP contribution in [0.25, 0.3) is 0 Å². The van der Waals surface area contributed by atoms with Crippen molar-refractivity contribution in [1.29, 1.82) is 0 Å². The van der Waals surface area contributed by atoms with E-state index >= 15 is 0 Å². The Kier molecular flexibility index (Phi) is 4.70. The number of amides is 1. The summed E-state index contributed by atoms with van der Waals surface area (Å²) in [4.78, 5) is 22.2. The van der Waals surface area contributed by atoms with E-state index in [0.29, 0.717) is 5.69 Å². The molecule has 0 aliphatic carbocycles. The number of halogens is 1. The van der Waals surface area contributed by atoms with Crippen LogP contribution in [0.1, 0.15) is 12.8 Å². The van der Waals surface area contributed by atoms with Gasteiger partial charge in [-0.1, -0.05) is 0 Å². The number of ether oxygens (including phenoxy) is 1. The van der Waals surface area contributed by atoms with Gasteiger partial charge in [-0.2, -0.15) is 0 Å². The number of hydrogen-bond acceptors (Lipinski definition) is 3. The van der Waals surface area contributed by atoms with Gasteiger partial charge in [0.15, 0.2) is 0 Å². The molecule has 0 saturated carbocycles. The van der Waals surface area contributed by atoms with E-state index in [4.69, 9.17) is 6.42 Å². The van der Waals surface area contributed by atoms with Crippen LogP contribution in [0.15, 0.2) is 24.3 Å². The molecule has 0 spiro atoms. The van der Waals surface area contributed by atoms with E-state index in [0.717, 1.165) is 0 Å². The van der Waals surface area contributed by atoms with Crippen molar-refractivity contribution >= 4 is 17.7 Å². The van der Waals surface area contributed by atoms with Crippen molar-refractivity contribution in [3.05, 3.63) is 30.1 Å². The number of carbonyl (C=O) groups excluding carboxylic acids is 2. The molecule has 0 aliphatic rings. The predicted molar refractivity (Wildman–Crippen MR) is 59.6 cm³/mol. The van der Waals surface area contributed by atoms with E-state index in [9.17, 15) is 14.0 Å². The Morgan fingerprint density at radius 3 is 2.59 bits per heavy atom. The lowest BCUT2D eigenvalue weighted by molar-refractivity contribution is -0.136. The van der Waals surface area contributed by atoms with E-state index in [2.05, 4.69) is 16.0 Å². The highest BCUT2D eigenvalue weighted by Crippen LogP contribution is 2.08. The van der Waals surface area contributed by atoms with Crippen LogP contribution in [0, 0.1) is 18.2 Å². The molecule has 5 heteroatoms. The Labute approximate surface area is 97.8 Å². The Bertz CT molecular complexity index is 448. The maximum atomic E-state index is 12.6. The van der Waals surface area contributed by atoms with Gasteiger partial charge in [0.2, 0.25) is 0 Å². The van der Waals surface area contributed by atoms with Gasteiger partial charge in [-0.05, 0) is 24.3 Å². The first-order chi connectivity index (χ1) is 8.11. The summed E-state index contributed by atoms with van der Waals surface area (Å²) in [5, 5.41) is 2.28. The number of anilines is 1. The van der Waals surface area contributed by atoms with Gasteiger partial charge in [0.25, 0.3) is 0 Å². The van der Waals surface area contributed by atoms with Crippen LogP contribution in [0.5, 0.6) is 0 Å². The summed E-state index contributed by atoms with van der Waals surface area (Å²) < 4.78 is 17.0. The van der Waals surface area contributed by atoms with Gasteiger partial charge in [-0.25, -0.2) is 9.18 Å². The van der Waals surface area contributed by atoms with Gasteiger partial charge in [0, 0.05) is 12.1 Å². The fraction of sp³-hybridized carbons (Fsp3) is 0.167. The van der Waals surface area contributed by atoms with E-state index < -0.39 is 17.9 Å². The summed E-state index contributed by atoms with van der Waals surface area (Å²) in [6.07, 6.45) is 4.22. The summed E-state index contributed by atoms with van der Waals surface area (Å²) in [6, 6.07) is 5.05. The average molecular weight is 235 g/mol. The van der Waals surface area contributed by atoms with E-state index in [-0.39, 0.29) is 12.8 Å². The van der Waals surface area contributed by atoms with Crippen LogP contribution in [-0.4, -0.2) is 12.1 Å². The molecule has 1 aromatic rings. The maximum Gasteiger partial charge on any atom is 0.419 e. The molecule has 1 amide bonds. The molecular formula is C12H10FNO3. The lowest BCUT2D eigenvalue weighted by atomic mass is 10.3.